The molecule has 1 saturated heterocycles. The molecule has 1 atom stereocenters. The maximum absolute atomic E-state index is 11.9. The van der Waals surface area contributed by atoms with Gasteiger partial charge in [0.25, 0.3) is 0 Å². The summed E-state index contributed by atoms with van der Waals surface area (Å²) < 4.78 is 0. The summed E-state index contributed by atoms with van der Waals surface area (Å²) in [7, 11) is 0. The summed E-state index contributed by atoms with van der Waals surface area (Å²) in [5.41, 5.74) is 5.44. The van der Waals surface area contributed by atoms with Gasteiger partial charge in [-0.3, -0.25) is 4.79 Å². The fourth-order valence-corrected chi connectivity index (χ4v) is 2.81. The van der Waals surface area contributed by atoms with E-state index in [0.717, 1.165) is 18.9 Å². The molecule has 1 unspecified atom stereocenters. The Hall–Kier alpha value is -0.570. The van der Waals surface area contributed by atoms with Gasteiger partial charge in [0.05, 0.1) is 0 Å². The third-order valence-electron chi connectivity index (χ3n) is 3.91. The Labute approximate surface area is 92.0 Å². The minimum absolute atomic E-state index is 0.342. The van der Waals surface area contributed by atoms with E-state index in [-0.39, 0.29) is 0 Å². The van der Waals surface area contributed by atoms with Crippen molar-refractivity contribution in [1.82, 2.24) is 4.90 Å². The van der Waals surface area contributed by atoms with E-state index in [0.29, 0.717) is 24.9 Å². The van der Waals surface area contributed by atoms with Gasteiger partial charge < -0.3 is 10.6 Å². The maximum atomic E-state index is 11.9. The molecule has 3 nitrogen and oxygen atoms in total. The quantitative estimate of drug-likeness (QED) is 0.764. The lowest BCUT2D eigenvalue weighted by Crippen LogP contribution is -2.42. The second kappa shape index (κ2) is 4.97. The highest BCUT2D eigenvalue weighted by Crippen LogP contribution is 2.37. The minimum Gasteiger partial charge on any atom is -0.339 e. The van der Waals surface area contributed by atoms with Crippen LogP contribution in [0.4, 0.5) is 0 Å². The SMILES string of the molecule is NCCCC(=O)N1CCCC1C1CCC1. The zero-order chi connectivity index (χ0) is 10.7. The van der Waals surface area contributed by atoms with Crippen LogP contribution in [0, 0.1) is 5.92 Å². The van der Waals surface area contributed by atoms with Gasteiger partial charge in [-0.15, -0.1) is 0 Å². The van der Waals surface area contributed by atoms with Crippen molar-refractivity contribution >= 4 is 5.91 Å². The molecule has 2 aliphatic rings. The number of likely N-dealkylation sites (tertiary alicyclic amines) is 1. The Morgan fingerprint density at radius 3 is 2.67 bits per heavy atom. The van der Waals surface area contributed by atoms with Gasteiger partial charge in [-0.1, -0.05) is 6.42 Å². The van der Waals surface area contributed by atoms with Gasteiger partial charge in [0.2, 0.25) is 5.91 Å². The molecule has 2 N–H and O–H groups in total. The molecule has 0 spiro atoms. The molecule has 0 radical (unpaired) electrons. The predicted octanol–water partition coefficient (Wildman–Crippen LogP) is 1.52. The van der Waals surface area contributed by atoms with E-state index in [1.807, 2.05) is 0 Å². The lowest BCUT2D eigenvalue weighted by molar-refractivity contribution is -0.133. The topological polar surface area (TPSA) is 46.3 Å². The van der Waals surface area contributed by atoms with Crippen molar-refractivity contribution < 1.29 is 4.79 Å². The summed E-state index contributed by atoms with van der Waals surface area (Å²) in [6.45, 7) is 1.62. The van der Waals surface area contributed by atoms with Crippen molar-refractivity contribution in [3.05, 3.63) is 0 Å². The van der Waals surface area contributed by atoms with E-state index in [1.54, 1.807) is 0 Å². The van der Waals surface area contributed by atoms with Crippen molar-refractivity contribution in [2.45, 2.75) is 51.0 Å². The standard InChI is InChI=1S/C12H22N2O/c13-8-2-7-12(15)14-9-3-6-11(14)10-4-1-5-10/h10-11H,1-9,13H2. The van der Waals surface area contributed by atoms with Crippen LogP contribution >= 0.6 is 0 Å². The Balaban J connectivity index is 1.86. The first kappa shape index (κ1) is 10.9. The summed E-state index contributed by atoms with van der Waals surface area (Å²) in [4.78, 5) is 14.1. The van der Waals surface area contributed by atoms with Crippen LogP contribution in [0.5, 0.6) is 0 Å². The first-order valence-electron chi connectivity index (χ1n) is 6.32. The van der Waals surface area contributed by atoms with Gasteiger partial charge in [-0.25, -0.2) is 0 Å². The number of amides is 1. The number of carbonyl (C=O) groups excluding carboxylic acids is 1. The van der Waals surface area contributed by atoms with Crippen molar-refractivity contribution in [1.29, 1.82) is 0 Å². The largest absolute Gasteiger partial charge is 0.339 e. The molecule has 1 aliphatic carbocycles. The van der Waals surface area contributed by atoms with Crippen LogP contribution < -0.4 is 5.73 Å². The van der Waals surface area contributed by atoms with E-state index in [9.17, 15) is 4.79 Å². The normalized spacial score (nSPS) is 26.7. The number of hydrogen-bond donors (Lipinski definition) is 1. The van der Waals surface area contributed by atoms with Crippen molar-refractivity contribution in [2.75, 3.05) is 13.1 Å². The van der Waals surface area contributed by atoms with Gasteiger partial charge in [0.1, 0.15) is 0 Å². The zero-order valence-electron chi connectivity index (χ0n) is 9.45. The molecule has 2 fully saturated rings. The summed E-state index contributed by atoms with van der Waals surface area (Å²) >= 11 is 0. The Bertz CT molecular complexity index is 226. The van der Waals surface area contributed by atoms with Crippen molar-refractivity contribution in [3.63, 3.8) is 0 Å². The molecule has 15 heavy (non-hydrogen) atoms. The van der Waals surface area contributed by atoms with Crippen LogP contribution in [-0.2, 0) is 4.79 Å². The number of hydrogen-bond acceptors (Lipinski definition) is 2. The van der Waals surface area contributed by atoms with Crippen molar-refractivity contribution in [2.24, 2.45) is 11.7 Å². The zero-order valence-corrected chi connectivity index (χ0v) is 9.45. The van der Waals surface area contributed by atoms with Gasteiger partial charge in [-0.05, 0) is 44.6 Å². The molecule has 0 aromatic carbocycles. The molecule has 1 saturated carbocycles. The summed E-state index contributed by atoms with van der Waals surface area (Å²) in [6, 6.07) is 0.573. The first-order valence-corrected chi connectivity index (χ1v) is 6.32. The number of carbonyl (C=O) groups is 1. The van der Waals surface area contributed by atoms with Crippen LogP contribution in [0.2, 0.25) is 0 Å². The molecule has 86 valence electrons. The molecule has 1 amide bonds. The molecule has 0 bridgehead atoms. The maximum Gasteiger partial charge on any atom is 0.222 e. The fraction of sp³-hybridized carbons (Fsp3) is 0.917. The highest BCUT2D eigenvalue weighted by atomic mass is 16.2. The summed E-state index contributed by atoms with van der Waals surface area (Å²) in [5.74, 6) is 1.16. The average molecular weight is 210 g/mol. The van der Waals surface area contributed by atoms with E-state index in [2.05, 4.69) is 4.90 Å². The minimum atomic E-state index is 0.342. The number of rotatable bonds is 4. The van der Waals surface area contributed by atoms with Crippen LogP contribution in [-0.4, -0.2) is 29.9 Å². The summed E-state index contributed by atoms with van der Waals surface area (Å²) in [6.07, 6.45) is 7.98. The van der Waals surface area contributed by atoms with Crippen LogP contribution in [0.25, 0.3) is 0 Å². The monoisotopic (exact) mass is 210 g/mol. The Morgan fingerprint density at radius 1 is 1.27 bits per heavy atom. The molecule has 0 aromatic heterocycles. The number of nitrogens with two attached hydrogens (primary N) is 1. The molecular weight excluding hydrogens is 188 g/mol. The van der Waals surface area contributed by atoms with E-state index in [4.69, 9.17) is 5.73 Å². The van der Waals surface area contributed by atoms with E-state index >= 15 is 0 Å². The highest BCUT2D eigenvalue weighted by Gasteiger charge is 2.36. The van der Waals surface area contributed by atoms with E-state index in [1.165, 1.54) is 32.1 Å². The van der Waals surface area contributed by atoms with Crippen LogP contribution in [0.1, 0.15) is 44.9 Å². The van der Waals surface area contributed by atoms with E-state index < -0.39 is 0 Å². The average Bonchev–Trinajstić information content (AvgIpc) is 2.60. The van der Waals surface area contributed by atoms with Gasteiger partial charge in [0.15, 0.2) is 0 Å². The second-order valence-corrected chi connectivity index (χ2v) is 4.88. The molecule has 2 rings (SSSR count). The second-order valence-electron chi connectivity index (χ2n) is 4.88. The summed E-state index contributed by atoms with van der Waals surface area (Å²) in [5, 5.41) is 0. The third kappa shape index (κ3) is 2.33. The smallest absolute Gasteiger partial charge is 0.222 e. The van der Waals surface area contributed by atoms with Gasteiger partial charge in [-0.2, -0.15) is 0 Å². The molecule has 3 heteroatoms. The molecule has 0 aromatic rings. The first-order chi connectivity index (χ1) is 7.33. The Morgan fingerprint density at radius 2 is 2.07 bits per heavy atom. The highest BCUT2D eigenvalue weighted by molar-refractivity contribution is 5.76. The molecule has 1 heterocycles. The van der Waals surface area contributed by atoms with Crippen LogP contribution in [0.3, 0.4) is 0 Å². The molecular formula is C12H22N2O. The lowest BCUT2D eigenvalue weighted by atomic mass is 9.79. The van der Waals surface area contributed by atoms with Gasteiger partial charge in [0, 0.05) is 19.0 Å². The lowest BCUT2D eigenvalue weighted by Gasteiger charge is -2.37. The van der Waals surface area contributed by atoms with Crippen molar-refractivity contribution in [3.8, 4) is 0 Å². The fourth-order valence-electron chi connectivity index (χ4n) is 2.81. The predicted molar refractivity (Wildman–Crippen MR) is 60.4 cm³/mol. The number of nitrogens with zero attached hydrogens (tertiary/aromatic N) is 1. The Kier molecular flexibility index (Phi) is 3.62. The van der Waals surface area contributed by atoms with Crippen LogP contribution in [0.15, 0.2) is 0 Å². The third-order valence-corrected chi connectivity index (χ3v) is 3.91. The molecule has 1 aliphatic heterocycles. The van der Waals surface area contributed by atoms with Gasteiger partial charge >= 0.3 is 0 Å².